The highest BCUT2D eigenvalue weighted by Gasteiger charge is 2.18. The Balaban J connectivity index is 1.94. The fourth-order valence-corrected chi connectivity index (χ4v) is 2.62. The van der Waals surface area contributed by atoms with Crippen LogP contribution in [-0.2, 0) is 22.5 Å². The molecule has 128 valence electrons. The molecule has 1 aromatic heterocycles. The molecule has 2 aromatic rings. The van der Waals surface area contributed by atoms with Crippen molar-refractivity contribution in [3.63, 3.8) is 0 Å². The van der Waals surface area contributed by atoms with Crippen molar-refractivity contribution in [3.8, 4) is 0 Å². The van der Waals surface area contributed by atoms with Gasteiger partial charge in [0.25, 0.3) is 0 Å². The van der Waals surface area contributed by atoms with E-state index in [0.717, 1.165) is 5.56 Å². The molecule has 0 saturated carbocycles. The lowest BCUT2D eigenvalue weighted by Crippen LogP contribution is -2.26. The smallest absolute Gasteiger partial charge is 0.341 e. The molecule has 0 bridgehead atoms. The minimum atomic E-state index is -0.449. The minimum absolute atomic E-state index is 0.0245. The van der Waals surface area contributed by atoms with E-state index in [-0.39, 0.29) is 5.91 Å². The maximum absolute atomic E-state index is 12.3. The molecule has 0 unspecified atom stereocenters. The second-order valence-corrected chi connectivity index (χ2v) is 5.92. The Hall–Kier alpha value is -2.27. The summed E-state index contributed by atoms with van der Waals surface area (Å²) >= 11 is 6.10. The number of benzene rings is 1. The summed E-state index contributed by atoms with van der Waals surface area (Å²) in [6.07, 6.45) is 0.928. The summed E-state index contributed by atoms with van der Waals surface area (Å²) in [7, 11) is 3.02. The molecular formula is C18H20ClNO4. The highest BCUT2D eigenvalue weighted by Crippen LogP contribution is 2.19. The second-order valence-electron chi connectivity index (χ2n) is 5.52. The molecule has 0 saturated heterocycles. The first-order valence-corrected chi connectivity index (χ1v) is 7.95. The highest BCUT2D eigenvalue weighted by atomic mass is 35.5. The predicted octanol–water partition coefficient (Wildman–Crippen LogP) is 3.62. The third kappa shape index (κ3) is 4.38. The van der Waals surface area contributed by atoms with Gasteiger partial charge in [-0.1, -0.05) is 29.8 Å². The maximum Gasteiger partial charge on any atom is 0.341 e. The third-order valence-electron chi connectivity index (χ3n) is 3.76. The van der Waals surface area contributed by atoms with Gasteiger partial charge in [-0.05, 0) is 31.0 Å². The van der Waals surface area contributed by atoms with Crippen LogP contribution >= 0.6 is 11.6 Å². The fraction of sp³-hybridized carbons (Fsp3) is 0.333. The fourth-order valence-electron chi connectivity index (χ4n) is 2.39. The largest absolute Gasteiger partial charge is 0.465 e. The van der Waals surface area contributed by atoms with E-state index in [9.17, 15) is 9.59 Å². The van der Waals surface area contributed by atoms with Crippen molar-refractivity contribution in [2.45, 2.75) is 26.3 Å². The lowest BCUT2D eigenvalue weighted by molar-refractivity contribution is -0.130. The zero-order chi connectivity index (χ0) is 17.7. The molecule has 0 radical (unpaired) electrons. The van der Waals surface area contributed by atoms with Crippen LogP contribution in [0.25, 0.3) is 0 Å². The lowest BCUT2D eigenvalue weighted by atomic mass is 10.1. The van der Waals surface area contributed by atoms with Gasteiger partial charge in [0, 0.05) is 18.5 Å². The van der Waals surface area contributed by atoms with Gasteiger partial charge in [-0.3, -0.25) is 4.79 Å². The van der Waals surface area contributed by atoms with Gasteiger partial charge in [0.15, 0.2) is 0 Å². The number of hydrogen-bond acceptors (Lipinski definition) is 4. The van der Waals surface area contributed by atoms with Crippen LogP contribution in [0.2, 0.25) is 5.02 Å². The molecular weight excluding hydrogens is 330 g/mol. The van der Waals surface area contributed by atoms with E-state index in [2.05, 4.69) is 4.74 Å². The molecule has 1 heterocycles. The van der Waals surface area contributed by atoms with Crippen LogP contribution in [0.5, 0.6) is 0 Å². The lowest BCUT2D eigenvalue weighted by Gasteiger charge is -2.15. The number of carbonyl (C=O) groups is 2. The van der Waals surface area contributed by atoms with Crippen molar-refractivity contribution in [3.05, 3.63) is 58.0 Å². The van der Waals surface area contributed by atoms with E-state index in [4.69, 9.17) is 16.0 Å². The number of rotatable bonds is 6. The Morgan fingerprint density at radius 1 is 1.29 bits per heavy atom. The van der Waals surface area contributed by atoms with E-state index in [1.54, 1.807) is 24.9 Å². The van der Waals surface area contributed by atoms with Gasteiger partial charge in [-0.15, -0.1) is 0 Å². The van der Waals surface area contributed by atoms with E-state index in [0.29, 0.717) is 41.5 Å². The Morgan fingerprint density at radius 2 is 2.00 bits per heavy atom. The van der Waals surface area contributed by atoms with Crippen LogP contribution in [-0.4, -0.2) is 30.9 Å². The first kappa shape index (κ1) is 18.1. The first-order valence-electron chi connectivity index (χ1n) is 7.57. The van der Waals surface area contributed by atoms with Crippen molar-refractivity contribution >= 4 is 23.5 Å². The SMILES string of the molecule is COC(=O)c1cc(CN(C)C(=O)CCc2ccccc2Cl)oc1C. The van der Waals surface area contributed by atoms with Crippen LogP contribution in [0.4, 0.5) is 0 Å². The van der Waals surface area contributed by atoms with Gasteiger partial charge in [0.2, 0.25) is 5.91 Å². The summed E-state index contributed by atoms with van der Waals surface area (Å²) in [6, 6.07) is 9.09. The number of esters is 1. The van der Waals surface area contributed by atoms with Gasteiger partial charge >= 0.3 is 5.97 Å². The second kappa shape index (κ2) is 8.02. The molecule has 0 aliphatic carbocycles. The monoisotopic (exact) mass is 349 g/mol. The van der Waals surface area contributed by atoms with E-state index in [1.807, 2.05) is 24.3 Å². The zero-order valence-corrected chi connectivity index (χ0v) is 14.7. The Labute approximate surface area is 146 Å². The molecule has 6 heteroatoms. The van der Waals surface area contributed by atoms with Gasteiger partial charge in [-0.25, -0.2) is 4.79 Å². The Morgan fingerprint density at radius 3 is 2.67 bits per heavy atom. The molecule has 2 rings (SSSR count). The average Bonchev–Trinajstić information content (AvgIpc) is 2.93. The van der Waals surface area contributed by atoms with Crippen LogP contribution in [0.15, 0.2) is 34.7 Å². The molecule has 24 heavy (non-hydrogen) atoms. The summed E-state index contributed by atoms with van der Waals surface area (Å²) in [6.45, 7) is 1.98. The Kier molecular flexibility index (Phi) is 6.04. The number of halogens is 1. The normalized spacial score (nSPS) is 10.5. The number of amides is 1. The molecule has 0 spiro atoms. The summed E-state index contributed by atoms with van der Waals surface area (Å²) in [4.78, 5) is 25.4. The quantitative estimate of drug-likeness (QED) is 0.747. The number of aryl methyl sites for hydroxylation is 2. The number of carbonyl (C=O) groups excluding carboxylic acids is 2. The molecule has 0 fully saturated rings. The van der Waals surface area contributed by atoms with Gasteiger partial charge in [0.05, 0.1) is 13.7 Å². The van der Waals surface area contributed by atoms with Crippen molar-refractivity contribution < 1.29 is 18.7 Å². The first-order chi connectivity index (χ1) is 11.4. The van der Waals surface area contributed by atoms with Gasteiger partial charge < -0.3 is 14.1 Å². The average molecular weight is 350 g/mol. The molecule has 0 aliphatic rings. The van der Waals surface area contributed by atoms with Crippen LogP contribution in [0.3, 0.4) is 0 Å². The molecule has 0 aliphatic heterocycles. The molecule has 1 aromatic carbocycles. The molecule has 0 atom stereocenters. The van der Waals surface area contributed by atoms with Gasteiger partial charge in [0.1, 0.15) is 17.1 Å². The van der Waals surface area contributed by atoms with Crippen LogP contribution in [0, 0.1) is 6.92 Å². The van der Waals surface area contributed by atoms with Crippen molar-refractivity contribution in [1.29, 1.82) is 0 Å². The van der Waals surface area contributed by atoms with Crippen LogP contribution < -0.4 is 0 Å². The van der Waals surface area contributed by atoms with Crippen molar-refractivity contribution in [2.75, 3.05) is 14.2 Å². The molecule has 0 N–H and O–H groups in total. The van der Waals surface area contributed by atoms with Crippen LogP contribution in [0.1, 0.15) is 33.9 Å². The molecule has 1 amide bonds. The summed E-state index contributed by atoms with van der Waals surface area (Å²) < 4.78 is 10.2. The van der Waals surface area contributed by atoms with Crippen molar-refractivity contribution in [1.82, 2.24) is 4.90 Å². The van der Waals surface area contributed by atoms with E-state index >= 15 is 0 Å². The predicted molar refractivity (Wildman–Crippen MR) is 91.0 cm³/mol. The third-order valence-corrected chi connectivity index (χ3v) is 4.13. The van der Waals surface area contributed by atoms with Gasteiger partial charge in [-0.2, -0.15) is 0 Å². The number of nitrogens with zero attached hydrogens (tertiary/aromatic N) is 1. The minimum Gasteiger partial charge on any atom is -0.465 e. The maximum atomic E-state index is 12.3. The Bertz CT molecular complexity index is 738. The summed E-state index contributed by atoms with van der Waals surface area (Å²) in [5.41, 5.74) is 1.33. The summed E-state index contributed by atoms with van der Waals surface area (Å²) in [5.74, 6) is 0.550. The van der Waals surface area contributed by atoms with E-state index < -0.39 is 5.97 Å². The number of methoxy groups -OCH3 is 1. The topological polar surface area (TPSA) is 59.8 Å². The number of hydrogen-bond donors (Lipinski definition) is 0. The standard InChI is InChI=1S/C18H20ClNO4/c1-12-15(18(22)23-3)10-14(24-12)11-20(2)17(21)9-8-13-6-4-5-7-16(13)19/h4-7,10H,8-9,11H2,1-3H3. The molecule has 5 nitrogen and oxygen atoms in total. The number of furan rings is 1. The zero-order valence-electron chi connectivity index (χ0n) is 14.0. The number of ether oxygens (including phenoxy) is 1. The van der Waals surface area contributed by atoms with E-state index in [1.165, 1.54) is 7.11 Å². The highest BCUT2D eigenvalue weighted by molar-refractivity contribution is 6.31. The van der Waals surface area contributed by atoms with Crippen molar-refractivity contribution in [2.24, 2.45) is 0 Å². The summed E-state index contributed by atoms with van der Waals surface area (Å²) in [5, 5.41) is 0.664.